The Morgan fingerprint density at radius 2 is 2.42 bits per heavy atom. The smallest absolute Gasteiger partial charge is 0.208 e. The number of hydrogen-bond acceptors (Lipinski definition) is 4. The molecule has 0 unspecified atom stereocenters. The number of nitriles is 1. The largest absolute Gasteiger partial charge is 0.325 e. The number of rotatable bonds is 2. The van der Waals surface area contributed by atoms with Crippen molar-refractivity contribution in [3.8, 4) is 6.07 Å². The van der Waals surface area contributed by atoms with Gasteiger partial charge in [0.1, 0.15) is 5.75 Å². The van der Waals surface area contributed by atoms with Crippen molar-refractivity contribution in [3.05, 3.63) is 12.5 Å². The number of nitrogens with zero attached hydrogens (tertiary/aromatic N) is 3. The van der Waals surface area contributed by atoms with E-state index in [1.54, 1.807) is 13.1 Å². The highest BCUT2D eigenvalue weighted by Crippen LogP contribution is 2.07. The Bertz CT molecular complexity index is 412. The lowest BCUT2D eigenvalue weighted by Crippen LogP contribution is -2.09. The van der Waals surface area contributed by atoms with E-state index in [1.807, 2.05) is 0 Å². The van der Waals surface area contributed by atoms with Crippen LogP contribution in [0.5, 0.6) is 0 Å². The molecule has 0 aliphatic rings. The van der Waals surface area contributed by atoms with Gasteiger partial charge in [-0.05, 0) is 0 Å². The fourth-order valence-corrected chi connectivity index (χ4v) is 1.83. The van der Waals surface area contributed by atoms with E-state index in [1.165, 1.54) is 17.1 Å². The minimum atomic E-state index is -3.46. The zero-order chi connectivity index (χ0) is 9.19. The van der Waals surface area contributed by atoms with E-state index in [9.17, 15) is 8.42 Å². The van der Waals surface area contributed by atoms with E-state index in [0.717, 1.165) is 0 Å². The van der Waals surface area contributed by atoms with Crippen molar-refractivity contribution in [2.24, 2.45) is 7.05 Å². The molecule has 0 atom stereocenters. The van der Waals surface area contributed by atoms with E-state index >= 15 is 0 Å². The zero-order valence-electron chi connectivity index (χ0n) is 6.43. The first-order chi connectivity index (χ1) is 5.58. The van der Waals surface area contributed by atoms with Crippen LogP contribution in [0.1, 0.15) is 0 Å². The summed E-state index contributed by atoms with van der Waals surface area (Å²) >= 11 is 0. The third kappa shape index (κ3) is 1.46. The topological polar surface area (TPSA) is 75.8 Å². The lowest BCUT2D eigenvalue weighted by Gasteiger charge is -1.98. The molecule has 0 N–H and O–H groups in total. The zero-order valence-corrected chi connectivity index (χ0v) is 7.24. The Kier molecular flexibility index (Phi) is 2.15. The second-order valence-electron chi connectivity index (χ2n) is 2.26. The molecule has 1 heterocycles. The molecule has 12 heavy (non-hydrogen) atoms. The van der Waals surface area contributed by atoms with Crippen molar-refractivity contribution < 1.29 is 8.42 Å². The first-order valence-electron chi connectivity index (χ1n) is 3.14. The summed E-state index contributed by atoms with van der Waals surface area (Å²) in [4.78, 5) is 3.64. The molecule has 1 aromatic rings. The van der Waals surface area contributed by atoms with Crippen LogP contribution in [0.4, 0.5) is 0 Å². The van der Waals surface area contributed by atoms with Crippen LogP contribution in [0.25, 0.3) is 0 Å². The molecule has 1 aromatic heterocycles. The van der Waals surface area contributed by atoms with Gasteiger partial charge in [-0.2, -0.15) is 5.26 Å². The predicted molar refractivity (Wildman–Crippen MR) is 40.9 cm³/mol. The highest BCUT2D eigenvalue weighted by molar-refractivity contribution is 7.91. The Balaban J connectivity index is 3.17. The number of aromatic nitrogens is 2. The number of sulfone groups is 1. The molecular weight excluding hydrogens is 178 g/mol. The molecular formula is C6H7N3O2S. The quantitative estimate of drug-likeness (QED) is 0.634. The number of hydrogen-bond donors (Lipinski definition) is 0. The van der Waals surface area contributed by atoms with Gasteiger partial charge in [-0.25, -0.2) is 13.4 Å². The van der Waals surface area contributed by atoms with Crippen molar-refractivity contribution in [2.75, 3.05) is 5.75 Å². The molecule has 0 aromatic carbocycles. The Morgan fingerprint density at radius 1 is 1.75 bits per heavy atom. The first kappa shape index (κ1) is 8.74. The number of imidazole rings is 1. The summed E-state index contributed by atoms with van der Waals surface area (Å²) < 4.78 is 23.8. The van der Waals surface area contributed by atoms with Gasteiger partial charge >= 0.3 is 0 Å². The van der Waals surface area contributed by atoms with Crippen molar-refractivity contribution in [3.63, 3.8) is 0 Å². The van der Waals surface area contributed by atoms with Crippen LogP contribution in [-0.4, -0.2) is 23.7 Å². The fraction of sp³-hybridized carbons (Fsp3) is 0.333. The van der Waals surface area contributed by atoms with Crippen molar-refractivity contribution in [1.29, 1.82) is 5.26 Å². The van der Waals surface area contributed by atoms with E-state index in [0.29, 0.717) is 0 Å². The third-order valence-corrected chi connectivity index (χ3v) is 2.89. The molecule has 64 valence electrons. The van der Waals surface area contributed by atoms with Gasteiger partial charge in [0.2, 0.25) is 9.84 Å². The predicted octanol–water partition coefficient (Wildman–Crippen LogP) is -0.283. The van der Waals surface area contributed by atoms with Crippen LogP contribution in [0.3, 0.4) is 0 Å². The average molecular weight is 185 g/mol. The number of aryl methyl sites for hydroxylation is 1. The minimum Gasteiger partial charge on any atom is -0.325 e. The Hall–Kier alpha value is -1.35. The maximum atomic E-state index is 11.2. The highest BCUT2D eigenvalue weighted by atomic mass is 32.2. The summed E-state index contributed by atoms with van der Waals surface area (Å²) in [6, 6.07) is 1.59. The van der Waals surface area contributed by atoms with Crippen LogP contribution in [0.15, 0.2) is 17.6 Å². The van der Waals surface area contributed by atoms with Gasteiger partial charge in [0.25, 0.3) is 0 Å². The van der Waals surface area contributed by atoms with Crippen molar-refractivity contribution in [1.82, 2.24) is 9.55 Å². The summed E-state index contributed by atoms with van der Waals surface area (Å²) in [6.45, 7) is 0. The van der Waals surface area contributed by atoms with Crippen LogP contribution in [0, 0.1) is 11.3 Å². The fourth-order valence-electron chi connectivity index (χ4n) is 0.804. The molecule has 0 spiro atoms. The van der Waals surface area contributed by atoms with Gasteiger partial charge < -0.3 is 4.57 Å². The van der Waals surface area contributed by atoms with E-state index in [4.69, 9.17) is 5.26 Å². The lowest BCUT2D eigenvalue weighted by atomic mass is 10.9. The molecule has 6 heteroatoms. The van der Waals surface area contributed by atoms with Gasteiger partial charge in [0, 0.05) is 7.05 Å². The Morgan fingerprint density at radius 3 is 2.83 bits per heavy atom. The summed E-state index contributed by atoms with van der Waals surface area (Å²) in [5, 5.41) is 8.31. The van der Waals surface area contributed by atoms with Crippen molar-refractivity contribution in [2.45, 2.75) is 5.03 Å². The molecule has 0 saturated carbocycles. The van der Waals surface area contributed by atoms with Gasteiger partial charge in [0.15, 0.2) is 5.03 Å². The summed E-state index contributed by atoms with van der Waals surface area (Å²) in [7, 11) is -1.89. The lowest BCUT2D eigenvalue weighted by molar-refractivity contribution is 0.589. The van der Waals surface area contributed by atoms with Crippen LogP contribution < -0.4 is 0 Å². The molecule has 5 nitrogen and oxygen atoms in total. The van der Waals surface area contributed by atoms with Gasteiger partial charge in [-0.1, -0.05) is 0 Å². The maximum Gasteiger partial charge on any atom is 0.208 e. The standard InChI is InChI=1S/C6H7N3O2S/c1-9-5-8-4-6(9)12(10,11)3-2-7/h4-5H,3H2,1H3. The molecule has 0 aliphatic heterocycles. The summed E-state index contributed by atoms with van der Waals surface area (Å²) in [5.41, 5.74) is 0. The van der Waals surface area contributed by atoms with Crippen LogP contribution in [-0.2, 0) is 16.9 Å². The molecule has 1 rings (SSSR count). The molecule has 0 fully saturated rings. The van der Waals surface area contributed by atoms with Gasteiger partial charge in [-0.15, -0.1) is 0 Å². The van der Waals surface area contributed by atoms with Gasteiger partial charge in [-0.3, -0.25) is 0 Å². The van der Waals surface area contributed by atoms with E-state index in [2.05, 4.69) is 4.98 Å². The SMILES string of the molecule is Cn1cncc1S(=O)(=O)CC#N. The second kappa shape index (κ2) is 2.95. The average Bonchev–Trinajstić information content (AvgIpc) is 2.35. The Labute approximate surface area is 70.2 Å². The maximum absolute atomic E-state index is 11.2. The van der Waals surface area contributed by atoms with E-state index in [-0.39, 0.29) is 5.03 Å². The normalized spacial score (nSPS) is 11.0. The van der Waals surface area contributed by atoms with E-state index < -0.39 is 15.6 Å². The summed E-state index contributed by atoms with van der Waals surface area (Å²) in [5.74, 6) is -0.507. The molecule has 0 aliphatic carbocycles. The second-order valence-corrected chi connectivity index (χ2v) is 4.20. The first-order valence-corrected chi connectivity index (χ1v) is 4.79. The highest BCUT2D eigenvalue weighted by Gasteiger charge is 2.16. The summed E-state index contributed by atoms with van der Waals surface area (Å²) in [6.07, 6.45) is 2.61. The molecule has 0 radical (unpaired) electrons. The van der Waals surface area contributed by atoms with Gasteiger partial charge in [0.05, 0.1) is 18.6 Å². The van der Waals surface area contributed by atoms with Crippen LogP contribution >= 0.6 is 0 Å². The third-order valence-electron chi connectivity index (χ3n) is 1.35. The minimum absolute atomic E-state index is 0.0732. The van der Waals surface area contributed by atoms with Crippen LogP contribution in [0.2, 0.25) is 0 Å². The molecule has 0 saturated heterocycles. The molecule has 0 bridgehead atoms. The molecule has 0 amide bonds. The van der Waals surface area contributed by atoms with Crippen molar-refractivity contribution >= 4 is 9.84 Å². The monoisotopic (exact) mass is 185 g/mol.